The summed E-state index contributed by atoms with van der Waals surface area (Å²) in [6.07, 6.45) is 3.63. The number of nitrogens with two attached hydrogens (primary N) is 1. The van der Waals surface area contributed by atoms with Gasteiger partial charge in [-0.1, -0.05) is 31.2 Å². The number of hydrogen-bond donors (Lipinski definition) is 2. The Morgan fingerprint density at radius 3 is 2.78 bits per heavy atom. The minimum Gasteiger partial charge on any atom is -0.370 e. The smallest absolute Gasteiger partial charge is 0.217 e. The number of amides is 1. The number of rotatable bonds is 5. The quantitative estimate of drug-likeness (QED) is 0.644. The van der Waals surface area contributed by atoms with Gasteiger partial charge in [-0.05, 0) is 36.3 Å². The van der Waals surface area contributed by atoms with Crippen LogP contribution in [-0.4, -0.2) is 36.9 Å². The van der Waals surface area contributed by atoms with Crippen LogP contribution in [0.1, 0.15) is 37.3 Å². The second-order valence-electron chi connectivity index (χ2n) is 6.15. The molecule has 1 aliphatic rings. The lowest BCUT2D eigenvalue weighted by Crippen LogP contribution is -2.47. The summed E-state index contributed by atoms with van der Waals surface area (Å²) in [6.45, 7) is 4.77. The van der Waals surface area contributed by atoms with Gasteiger partial charge in [0.15, 0.2) is 5.96 Å². The maximum absolute atomic E-state index is 11.2. The van der Waals surface area contributed by atoms with E-state index in [1.807, 2.05) is 7.05 Å². The van der Waals surface area contributed by atoms with Crippen molar-refractivity contribution in [2.24, 2.45) is 16.6 Å². The van der Waals surface area contributed by atoms with Gasteiger partial charge in [-0.2, -0.15) is 0 Å². The highest BCUT2D eigenvalue weighted by Gasteiger charge is 2.23. The van der Waals surface area contributed by atoms with Gasteiger partial charge in [0.1, 0.15) is 0 Å². The van der Waals surface area contributed by atoms with Crippen LogP contribution in [0.2, 0.25) is 0 Å². The predicted molar refractivity (Wildman–Crippen MR) is 94.1 cm³/mol. The Hall–Kier alpha value is -2.04. The van der Waals surface area contributed by atoms with Crippen molar-refractivity contribution >= 4 is 11.9 Å². The monoisotopic (exact) mass is 316 g/mol. The molecule has 1 unspecified atom stereocenters. The van der Waals surface area contributed by atoms with Gasteiger partial charge in [0, 0.05) is 33.1 Å². The van der Waals surface area contributed by atoms with Crippen LogP contribution < -0.4 is 11.1 Å². The molecule has 1 saturated heterocycles. The van der Waals surface area contributed by atoms with E-state index < -0.39 is 0 Å². The summed E-state index contributed by atoms with van der Waals surface area (Å²) in [5.74, 6) is 1.03. The van der Waals surface area contributed by atoms with E-state index in [0.29, 0.717) is 12.3 Å². The molecule has 0 radical (unpaired) electrons. The Labute approximate surface area is 139 Å². The fourth-order valence-electron chi connectivity index (χ4n) is 3.29. The fourth-order valence-corrected chi connectivity index (χ4v) is 3.29. The zero-order valence-electron chi connectivity index (χ0n) is 14.2. The van der Waals surface area contributed by atoms with Crippen LogP contribution in [0.3, 0.4) is 0 Å². The van der Waals surface area contributed by atoms with Crippen LogP contribution in [0.15, 0.2) is 29.3 Å². The number of aryl methyl sites for hydroxylation is 1. The lowest BCUT2D eigenvalue weighted by Gasteiger charge is -2.34. The SMILES string of the molecule is CCc1ccccc1CNC(=NC)N1CCCC(CC(N)=O)C1. The molecule has 1 fully saturated rings. The molecule has 0 spiro atoms. The van der Waals surface area contributed by atoms with Crippen molar-refractivity contribution in [3.8, 4) is 0 Å². The number of carbonyl (C=O) groups is 1. The van der Waals surface area contributed by atoms with Gasteiger partial charge in [-0.25, -0.2) is 0 Å². The summed E-state index contributed by atoms with van der Waals surface area (Å²) >= 11 is 0. The summed E-state index contributed by atoms with van der Waals surface area (Å²) in [7, 11) is 1.81. The van der Waals surface area contributed by atoms with Crippen LogP contribution in [0.25, 0.3) is 0 Å². The average Bonchev–Trinajstić information content (AvgIpc) is 2.55. The van der Waals surface area contributed by atoms with Crippen molar-refractivity contribution in [2.75, 3.05) is 20.1 Å². The van der Waals surface area contributed by atoms with E-state index in [9.17, 15) is 4.79 Å². The first-order chi connectivity index (χ1) is 11.1. The molecule has 2 rings (SSSR count). The molecule has 1 atom stereocenters. The van der Waals surface area contributed by atoms with Crippen LogP contribution in [0, 0.1) is 5.92 Å². The standard InChI is InChI=1S/C18H28N4O/c1-3-15-8-4-5-9-16(15)12-21-18(20-2)22-10-6-7-14(13-22)11-17(19)23/h4-5,8-9,14H,3,6-7,10-13H2,1-2H3,(H2,19,23)(H,20,21). The molecule has 3 N–H and O–H groups in total. The van der Waals surface area contributed by atoms with Crippen LogP contribution in [-0.2, 0) is 17.8 Å². The lowest BCUT2D eigenvalue weighted by molar-refractivity contribution is -0.119. The number of hydrogen-bond acceptors (Lipinski definition) is 2. The van der Waals surface area contributed by atoms with Gasteiger partial charge in [-0.15, -0.1) is 0 Å². The van der Waals surface area contributed by atoms with Crippen LogP contribution in [0.4, 0.5) is 0 Å². The van der Waals surface area contributed by atoms with E-state index in [2.05, 4.69) is 46.4 Å². The second kappa shape index (κ2) is 8.56. The molecular weight excluding hydrogens is 288 g/mol. The number of nitrogens with zero attached hydrogens (tertiary/aromatic N) is 2. The molecule has 5 nitrogen and oxygen atoms in total. The number of piperidine rings is 1. The first-order valence-corrected chi connectivity index (χ1v) is 8.44. The third-order valence-corrected chi connectivity index (χ3v) is 4.46. The van der Waals surface area contributed by atoms with Gasteiger partial charge < -0.3 is 16.0 Å². The van der Waals surface area contributed by atoms with Crippen LogP contribution >= 0.6 is 0 Å². The molecule has 0 bridgehead atoms. The molecule has 126 valence electrons. The first-order valence-electron chi connectivity index (χ1n) is 8.44. The van der Waals surface area contributed by atoms with E-state index in [0.717, 1.165) is 44.9 Å². The molecule has 0 aliphatic carbocycles. The molecule has 1 heterocycles. The second-order valence-corrected chi connectivity index (χ2v) is 6.15. The van der Waals surface area contributed by atoms with Gasteiger partial charge in [-0.3, -0.25) is 9.79 Å². The van der Waals surface area contributed by atoms with Crippen molar-refractivity contribution in [3.63, 3.8) is 0 Å². The summed E-state index contributed by atoms with van der Waals surface area (Å²) in [5, 5.41) is 3.46. The lowest BCUT2D eigenvalue weighted by atomic mass is 9.95. The molecule has 1 aliphatic heterocycles. The van der Waals surface area contributed by atoms with Gasteiger partial charge in [0.2, 0.25) is 5.91 Å². The number of guanidine groups is 1. The Balaban J connectivity index is 1.96. The molecule has 23 heavy (non-hydrogen) atoms. The van der Waals surface area contributed by atoms with E-state index >= 15 is 0 Å². The first kappa shape index (κ1) is 17.3. The Bertz CT molecular complexity index is 556. The molecule has 0 aromatic heterocycles. The Morgan fingerprint density at radius 2 is 2.13 bits per heavy atom. The van der Waals surface area contributed by atoms with Crippen molar-refractivity contribution in [1.29, 1.82) is 0 Å². The van der Waals surface area contributed by atoms with E-state index in [4.69, 9.17) is 5.73 Å². The maximum atomic E-state index is 11.2. The fraction of sp³-hybridized carbons (Fsp3) is 0.556. The van der Waals surface area contributed by atoms with Gasteiger partial charge >= 0.3 is 0 Å². The minimum absolute atomic E-state index is 0.211. The highest BCUT2D eigenvalue weighted by Crippen LogP contribution is 2.19. The predicted octanol–water partition coefficient (Wildman–Crippen LogP) is 1.91. The van der Waals surface area contributed by atoms with Crippen molar-refractivity contribution in [3.05, 3.63) is 35.4 Å². The molecule has 1 aromatic rings. The van der Waals surface area contributed by atoms with E-state index in [1.165, 1.54) is 11.1 Å². The summed E-state index contributed by atoms with van der Waals surface area (Å²) < 4.78 is 0. The summed E-state index contributed by atoms with van der Waals surface area (Å²) in [4.78, 5) is 17.8. The van der Waals surface area contributed by atoms with Crippen molar-refractivity contribution in [1.82, 2.24) is 10.2 Å². The summed E-state index contributed by atoms with van der Waals surface area (Å²) in [5.41, 5.74) is 8.01. The van der Waals surface area contributed by atoms with E-state index in [1.54, 1.807) is 0 Å². The average molecular weight is 316 g/mol. The highest BCUT2D eigenvalue weighted by molar-refractivity contribution is 5.80. The Kier molecular flexibility index (Phi) is 6.44. The number of aliphatic imine (C=N–C) groups is 1. The number of carbonyl (C=O) groups excluding carboxylic acids is 1. The molecule has 0 saturated carbocycles. The van der Waals surface area contributed by atoms with Crippen molar-refractivity contribution < 1.29 is 4.79 Å². The van der Waals surface area contributed by atoms with Crippen LogP contribution in [0.5, 0.6) is 0 Å². The molecule has 1 amide bonds. The number of likely N-dealkylation sites (tertiary alicyclic amines) is 1. The zero-order valence-corrected chi connectivity index (χ0v) is 14.2. The minimum atomic E-state index is -0.211. The number of benzene rings is 1. The highest BCUT2D eigenvalue weighted by atomic mass is 16.1. The summed E-state index contributed by atoms with van der Waals surface area (Å²) in [6, 6.07) is 8.48. The normalized spacial score (nSPS) is 18.8. The number of primary amides is 1. The zero-order chi connectivity index (χ0) is 16.7. The molecule has 5 heteroatoms. The number of nitrogens with one attached hydrogen (secondary N) is 1. The van der Waals surface area contributed by atoms with Gasteiger partial charge in [0.05, 0.1) is 0 Å². The third kappa shape index (κ3) is 4.98. The van der Waals surface area contributed by atoms with Gasteiger partial charge in [0.25, 0.3) is 0 Å². The molecule has 1 aromatic carbocycles. The van der Waals surface area contributed by atoms with Crippen molar-refractivity contribution in [2.45, 2.75) is 39.2 Å². The third-order valence-electron chi connectivity index (χ3n) is 4.46. The Morgan fingerprint density at radius 1 is 1.39 bits per heavy atom. The maximum Gasteiger partial charge on any atom is 0.217 e. The molecular formula is C18H28N4O. The van der Waals surface area contributed by atoms with E-state index in [-0.39, 0.29) is 5.91 Å². The topological polar surface area (TPSA) is 70.7 Å². The largest absolute Gasteiger partial charge is 0.370 e.